The zero-order chi connectivity index (χ0) is 34.7. The second-order valence-corrected chi connectivity index (χ2v) is 17.0. The fraction of sp³-hybridized carbons (Fsp3) is 0.455. The summed E-state index contributed by atoms with van der Waals surface area (Å²) in [6, 6.07) is 33.8. The molecule has 4 nitrogen and oxygen atoms in total. The average molecular weight is 682 g/mol. The van der Waals surface area contributed by atoms with Gasteiger partial charge in [0.1, 0.15) is 23.2 Å². The van der Waals surface area contributed by atoms with Crippen LogP contribution in [-0.4, -0.2) is 31.9 Å². The van der Waals surface area contributed by atoms with E-state index in [1.807, 2.05) is 0 Å². The van der Waals surface area contributed by atoms with Gasteiger partial charge in [0.05, 0.1) is 20.4 Å². The number of ketones is 2. The fourth-order valence-corrected chi connectivity index (χ4v) is 11.7. The number of allylic oxidation sites excluding steroid dienone is 2. The van der Waals surface area contributed by atoms with Crippen LogP contribution in [0.2, 0.25) is 0 Å². The molecular formula is C44H58O4P+. The molecule has 0 radical (unpaired) electrons. The van der Waals surface area contributed by atoms with Gasteiger partial charge in [0.25, 0.3) is 0 Å². The Morgan fingerprint density at radius 2 is 0.776 bits per heavy atom. The first kappa shape index (κ1) is 38.3. The van der Waals surface area contributed by atoms with Gasteiger partial charge >= 0.3 is 0 Å². The standard InChI is InChI=1S/C44H58O4P/c1-36-40(42(46)44(48-3)43(47-2)41(36)45)34-26-15-13-11-9-7-5-4-6-8-10-12-14-16-27-35-49(37-28-20-17-21-29-37,38-30-22-18-23-31-38)39-32-24-19-25-33-39/h17-25,28-33H,4-16,26-27,34-35H2,1-3H3/q+1. The zero-order valence-electron chi connectivity index (χ0n) is 30.3. The summed E-state index contributed by atoms with van der Waals surface area (Å²) in [5.41, 5.74) is 1.08. The van der Waals surface area contributed by atoms with E-state index in [1.54, 1.807) is 6.92 Å². The van der Waals surface area contributed by atoms with E-state index < -0.39 is 7.26 Å². The Hall–Kier alpha value is -3.49. The van der Waals surface area contributed by atoms with Gasteiger partial charge in [0.2, 0.25) is 23.1 Å². The first-order valence-corrected chi connectivity index (χ1v) is 20.7. The molecule has 1 aliphatic carbocycles. The molecule has 0 aliphatic heterocycles. The van der Waals surface area contributed by atoms with Crippen LogP contribution in [0.5, 0.6) is 0 Å². The monoisotopic (exact) mass is 681 g/mol. The van der Waals surface area contributed by atoms with Gasteiger partial charge in [-0.25, -0.2) is 0 Å². The van der Waals surface area contributed by atoms with Crippen molar-refractivity contribution in [3.63, 3.8) is 0 Å². The highest BCUT2D eigenvalue weighted by Crippen LogP contribution is 2.56. The van der Waals surface area contributed by atoms with Gasteiger partial charge in [-0.3, -0.25) is 9.59 Å². The summed E-state index contributed by atoms with van der Waals surface area (Å²) >= 11 is 0. The molecule has 0 unspecified atom stereocenters. The predicted octanol–water partition coefficient (Wildman–Crippen LogP) is 10.2. The van der Waals surface area contributed by atoms with Crippen LogP contribution in [-0.2, 0) is 19.1 Å². The molecule has 0 amide bonds. The Kier molecular flexibility index (Phi) is 16.3. The van der Waals surface area contributed by atoms with Crippen LogP contribution in [0.15, 0.2) is 114 Å². The quantitative estimate of drug-likeness (QED) is 0.0568. The van der Waals surface area contributed by atoms with Crippen LogP contribution in [0, 0.1) is 0 Å². The molecule has 1 aliphatic rings. The number of hydrogen-bond acceptors (Lipinski definition) is 4. The lowest BCUT2D eigenvalue weighted by molar-refractivity contribution is -0.121. The van der Waals surface area contributed by atoms with Gasteiger partial charge in [-0.2, -0.15) is 0 Å². The van der Waals surface area contributed by atoms with Crippen molar-refractivity contribution in [2.75, 3.05) is 20.4 Å². The maximum atomic E-state index is 12.8. The van der Waals surface area contributed by atoms with Crippen molar-refractivity contribution >= 4 is 34.7 Å². The van der Waals surface area contributed by atoms with E-state index in [0.29, 0.717) is 17.6 Å². The molecule has 0 N–H and O–H groups in total. The molecule has 3 aromatic carbocycles. The number of hydrogen-bond donors (Lipinski definition) is 0. The van der Waals surface area contributed by atoms with Crippen molar-refractivity contribution < 1.29 is 19.1 Å². The van der Waals surface area contributed by atoms with Crippen LogP contribution in [0.1, 0.15) is 110 Å². The molecule has 0 fully saturated rings. The van der Waals surface area contributed by atoms with Crippen molar-refractivity contribution in [1.82, 2.24) is 0 Å². The van der Waals surface area contributed by atoms with E-state index in [2.05, 4.69) is 91.0 Å². The molecule has 0 atom stereocenters. The Morgan fingerprint density at radius 1 is 0.449 bits per heavy atom. The molecule has 0 bridgehead atoms. The Bertz CT molecular complexity index is 1400. The minimum atomic E-state index is -1.70. The van der Waals surface area contributed by atoms with Crippen molar-refractivity contribution in [1.29, 1.82) is 0 Å². The molecule has 262 valence electrons. The molecule has 4 rings (SSSR count). The first-order chi connectivity index (χ1) is 24.0. The van der Waals surface area contributed by atoms with Crippen molar-refractivity contribution in [2.24, 2.45) is 0 Å². The normalized spacial score (nSPS) is 13.7. The topological polar surface area (TPSA) is 52.6 Å². The molecule has 0 spiro atoms. The first-order valence-electron chi connectivity index (χ1n) is 18.7. The number of Topliss-reactive ketones (excluding diaryl/α,β-unsaturated/α-hetero) is 2. The molecule has 49 heavy (non-hydrogen) atoms. The van der Waals surface area contributed by atoms with Crippen molar-refractivity contribution in [3.05, 3.63) is 114 Å². The third-order valence-corrected chi connectivity index (χ3v) is 14.6. The van der Waals surface area contributed by atoms with Gasteiger partial charge in [-0.1, -0.05) is 132 Å². The molecule has 0 saturated heterocycles. The lowest BCUT2D eigenvalue weighted by atomic mass is 9.89. The largest absolute Gasteiger partial charge is 0.489 e. The summed E-state index contributed by atoms with van der Waals surface area (Å²) in [5, 5.41) is 4.48. The minimum Gasteiger partial charge on any atom is -0.489 e. The van der Waals surface area contributed by atoms with E-state index in [0.717, 1.165) is 12.8 Å². The maximum Gasteiger partial charge on any atom is 0.228 e. The zero-order valence-corrected chi connectivity index (χ0v) is 31.2. The van der Waals surface area contributed by atoms with Gasteiger partial charge in [0, 0.05) is 11.1 Å². The summed E-state index contributed by atoms with van der Waals surface area (Å²) in [5.74, 6) is -0.378. The van der Waals surface area contributed by atoms with Crippen molar-refractivity contribution in [2.45, 2.75) is 110 Å². The third kappa shape index (κ3) is 10.5. The van der Waals surface area contributed by atoms with E-state index in [1.165, 1.54) is 120 Å². The number of rotatable bonds is 23. The summed E-state index contributed by atoms with van der Waals surface area (Å²) in [7, 11) is 1.12. The second kappa shape index (κ2) is 20.9. The van der Waals surface area contributed by atoms with Gasteiger partial charge in [-0.05, 0) is 69.0 Å². The number of carbonyl (C=O) groups excluding carboxylic acids is 2. The SMILES string of the molecule is COC1=C(OC)C(=O)C(CCCCCCCCCCCCCCCCC[P+](c2ccccc2)(c2ccccc2)c2ccccc2)=C(C)C1=O. The van der Waals surface area contributed by atoms with E-state index in [4.69, 9.17) is 9.47 Å². The van der Waals surface area contributed by atoms with Crippen LogP contribution >= 0.6 is 7.26 Å². The van der Waals surface area contributed by atoms with E-state index >= 15 is 0 Å². The Balaban J connectivity index is 1.06. The highest BCUT2D eigenvalue weighted by molar-refractivity contribution is 7.95. The molecule has 0 heterocycles. The van der Waals surface area contributed by atoms with E-state index in [9.17, 15) is 9.59 Å². The second-order valence-electron chi connectivity index (χ2n) is 13.4. The van der Waals surface area contributed by atoms with Crippen LogP contribution in [0.3, 0.4) is 0 Å². The minimum absolute atomic E-state index is 0.0228. The maximum absolute atomic E-state index is 12.8. The summed E-state index contributed by atoms with van der Waals surface area (Å²) in [4.78, 5) is 25.3. The number of methoxy groups -OCH3 is 2. The fourth-order valence-electron chi connectivity index (χ4n) is 7.32. The van der Waals surface area contributed by atoms with Crippen molar-refractivity contribution in [3.8, 4) is 0 Å². The number of unbranched alkanes of at least 4 members (excludes halogenated alkanes) is 14. The van der Waals surface area contributed by atoms with Crippen LogP contribution < -0.4 is 15.9 Å². The Labute approximate surface area is 296 Å². The summed E-state index contributed by atoms with van der Waals surface area (Å²) in [6.45, 7) is 1.72. The predicted molar refractivity (Wildman–Crippen MR) is 208 cm³/mol. The van der Waals surface area contributed by atoms with Crippen LogP contribution in [0.25, 0.3) is 0 Å². The molecule has 0 aromatic heterocycles. The highest BCUT2D eigenvalue weighted by Gasteiger charge is 2.44. The smallest absolute Gasteiger partial charge is 0.228 e. The van der Waals surface area contributed by atoms with Gasteiger partial charge < -0.3 is 9.47 Å². The summed E-state index contributed by atoms with van der Waals surface area (Å²) < 4.78 is 10.3. The molecule has 5 heteroatoms. The number of carbonyl (C=O) groups is 2. The molecule has 0 saturated carbocycles. The molecule has 3 aromatic rings. The third-order valence-electron chi connectivity index (χ3n) is 10.1. The Morgan fingerprint density at radius 3 is 1.14 bits per heavy atom. The summed E-state index contributed by atoms with van der Waals surface area (Å²) in [6.07, 6.45) is 20.9. The lowest BCUT2D eigenvalue weighted by Gasteiger charge is -2.27. The highest BCUT2D eigenvalue weighted by atomic mass is 31.2. The lowest BCUT2D eigenvalue weighted by Crippen LogP contribution is -2.33. The van der Waals surface area contributed by atoms with Crippen LogP contribution in [0.4, 0.5) is 0 Å². The van der Waals surface area contributed by atoms with Gasteiger partial charge in [0.15, 0.2) is 0 Å². The molecular weight excluding hydrogens is 623 g/mol. The van der Waals surface area contributed by atoms with Gasteiger partial charge in [-0.15, -0.1) is 0 Å². The average Bonchev–Trinajstić information content (AvgIpc) is 3.15. The number of benzene rings is 3. The number of ether oxygens (including phenoxy) is 2. The van der Waals surface area contributed by atoms with E-state index in [-0.39, 0.29) is 23.1 Å².